The fraction of sp³-hybridized carbons (Fsp3) is 0.136. The highest BCUT2D eigenvalue weighted by atomic mass is 35.5. The first-order valence-electron chi connectivity index (χ1n) is 9.14. The Morgan fingerprint density at radius 2 is 1.70 bits per heavy atom. The Morgan fingerprint density at radius 3 is 2.33 bits per heavy atom. The summed E-state index contributed by atoms with van der Waals surface area (Å²) < 4.78 is 33.4. The van der Waals surface area contributed by atoms with Gasteiger partial charge < -0.3 is 10.1 Å². The molecule has 2 N–H and O–H groups in total. The number of carbonyl (C=O) groups is 1. The van der Waals surface area contributed by atoms with E-state index in [4.69, 9.17) is 16.3 Å². The minimum absolute atomic E-state index is 0.0388. The lowest BCUT2D eigenvalue weighted by molar-refractivity contribution is -0.117. The highest BCUT2D eigenvalue weighted by molar-refractivity contribution is 7.89. The summed E-state index contributed by atoms with van der Waals surface area (Å²) in [4.78, 5) is 13.0. The van der Waals surface area contributed by atoms with Crippen molar-refractivity contribution in [2.45, 2.75) is 17.4 Å². The van der Waals surface area contributed by atoms with E-state index >= 15 is 0 Å². The molecule has 0 spiro atoms. The smallest absolute Gasteiger partial charge is 0.242 e. The number of methoxy groups -OCH3 is 1. The van der Waals surface area contributed by atoms with Crippen molar-refractivity contribution < 1.29 is 17.9 Å². The van der Waals surface area contributed by atoms with Crippen LogP contribution >= 0.6 is 11.6 Å². The van der Waals surface area contributed by atoms with Crippen LogP contribution in [-0.2, 0) is 21.2 Å². The van der Waals surface area contributed by atoms with Crippen LogP contribution in [0.1, 0.15) is 5.56 Å². The number of hydrogen-bond acceptors (Lipinski definition) is 4. The highest BCUT2D eigenvalue weighted by Gasteiger charge is 2.26. The van der Waals surface area contributed by atoms with Gasteiger partial charge in [-0.1, -0.05) is 48.0 Å². The van der Waals surface area contributed by atoms with Crippen molar-refractivity contribution in [3.05, 3.63) is 89.4 Å². The predicted molar refractivity (Wildman–Crippen MR) is 117 cm³/mol. The topological polar surface area (TPSA) is 84.5 Å². The van der Waals surface area contributed by atoms with E-state index in [1.165, 1.54) is 19.2 Å². The van der Waals surface area contributed by atoms with E-state index in [-0.39, 0.29) is 11.3 Å². The van der Waals surface area contributed by atoms with Crippen LogP contribution in [0.3, 0.4) is 0 Å². The van der Waals surface area contributed by atoms with Crippen molar-refractivity contribution in [3.63, 3.8) is 0 Å². The van der Waals surface area contributed by atoms with E-state index in [1.807, 2.05) is 30.3 Å². The number of ether oxygens (including phenoxy) is 1. The molecule has 0 aliphatic heterocycles. The summed E-state index contributed by atoms with van der Waals surface area (Å²) in [5, 5.41) is 3.19. The summed E-state index contributed by atoms with van der Waals surface area (Å²) in [6.07, 6.45) is 0.183. The van der Waals surface area contributed by atoms with Gasteiger partial charge in [-0.25, -0.2) is 8.42 Å². The van der Waals surface area contributed by atoms with Gasteiger partial charge >= 0.3 is 0 Å². The zero-order valence-corrected chi connectivity index (χ0v) is 17.8. The number of sulfonamides is 1. The molecule has 3 aromatic carbocycles. The number of amides is 1. The molecule has 30 heavy (non-hydrogen) atoms. The van der Waals surface area contributed by atoms with Gasteiger partial charge in [-0.05, 0) is 54.4 Å². The van der Waals surface area contributed by atoms with Crippen molar-refractivity contribution in [1.29, 1.82) is 0 Å². The van der Waals surface area contributed by atoms with Crippen LogP contribution < -0.4 is 14.8 Å². The molecule has 0 saturated heterocycles. The van der Waals surface area contributed by atoms with E-state index in [2.05, 4.69) is 10.0 Å². The van der Waals surface area contributed by atoms with E-state index in [0.29, 0.717) is 16.5 Å². The molecule has 1 amide bonds. The van der Waals surface area contributed by atoms with Gasteiger partial charge in [-0.2, -0.15) is 4.72 Å². The lowest BCUT2D eigenvalue weighted by Gasteiger charge is -2.19. The van der Waals surface area contributed by atoms with Crippen LogP contribution in [0.4, 0.5) is 5.69 Å². The van der Waals surface area contributed by atoms with Crippen LogP contribution in [0.15, 0.2) is 83.8 Å². The Labute approximate surface area is 180 Å². The average molecular weight is 445 g/mol. The van der Waals surface area contributed by atoms with Crippen molar-refractivity contribution in [2.75, 3.05) is 12.4 Å². The Morgan fingerprint density at radius 1 is 1.00 bits per heavy atom. The first kappa shape index (κ1) is 21.8. The van der Waals surface area contributed by atoms with Gasteiger partial charge in [0.1, 0.15) is 11.8 Å². The van der Waals surface area contributed by atoms with E-state index < -0.39 is 22.0 Å². The van der Waals surface area contributed by atoms with Crippen molar-refractivity contribution in [3.8, 4) is 5.75 Å². The maximum absolute atomic E-state index is 12.9. The fourth-order valence-corrected chi connectivity index (χ4v) is 4.23. The minimum atomic E-state index is -3.94. The maximum Gasteiger partial charge on any atom is 0.242 e. The summed E-state index contributed by atoms with van der Waals surface area (Å²) in [5.74, 6) is 0.0479. The molecule has 3 rings (SSSR count). The highest BCUT2D eigenvalue weighted by Crippen LogP contribution is 2.18. The van der Waals surface area contributed by atoms with Crippen molar-refractivity contribution in [2.24, 2.45) is 0 Å². The summed E-state index contributed by atoms with van der Waals surface area (Å²) >= 11 is 5.98. The van der Waals surface area contributed by atoms with E-state index in [0.717, 1.165) is 5.56 Å². The van der Waals surface area contributed by atoms with Gasteiger partial charge in [-0.3, -0.25) is 4.79 Å². The quantitative estimate of drug-likeness (QED) is 0.552. The SMILES string of the molecule is COc1ccc(S(=O)(=O)NC(Cc2ccccc2)C(=O)Nc2cccc(Cl)c2)cc1. The second-order valence-corrected chi connectivity index (χ2v) is 8.69. The third-order valence-electron chi connectivity index (χ3n) is 4.36. The van der Waals surface area contributed by atoms with Crippen LogP contribution in [-0.4, -0.2) is 27.5 Å². The van der Waals surface area contributed by atoms with Gasteiger partial charge in [0.2, 0.25) is 15.9 Å². The number of nitrogens with one attached hydrogen (secondary N) is 2. The van der Waals surface area contributed by atoms with Crippen LogP contribution in [0, 0.1) is 0 Å². The summed E-state index contributed by atoms with van der Waals surface area (Å²) in [7, 11) is -2.44. The molecule has 0 aliphatic carbocycles. The lowest BCUT2D eigenvalue weighted by atomic mass is 10.1. The fourth-order valence-electron chi connectivity index (χ4n) is 2.84. The Hall–Kier alpha value is -2.87. The number of rotatable bonds is 8. The molecule has 1 unspecified atom stereocenters. The molecule has 0 aromatic heterocycles. The number of hydrogen-bond donors (Lipinski definition) is 2. The summed E-state index contributed by atoms with van der Waals surface area (Å²) in [6.45, 7) is 0. The molecular formula is C22H21ClN2O4S. The molecule has 156 valence electrons. The summed E-state index contributed by atoms with van der Waals surface area (Å²) in [5.41, 5.74) is 1.30. The number of benzene rings is 3. The van der Waals surface area contributed by atoms with E-state index in [1.54, 1.807) is 36.4 Å². The maximum atomic E-state index is 12.9. The monoisotopic (exact) mass is 444 g/mol. The molecule has 0 aliphatic rings. The average Bonchev–Trinajstić information content (AvgIpc) is 2.74. The third-order valence-corrected chi connectivity index (χ3v) is 6.08. The predicted octanol–water partition coefficient (Wildman–Crippen LogP) is 3.88. The molecule has 3 aromatic rings. The van der Waals surface area contributed by atoms with Gasteiger partial charge in [0, 0.05) is 10.7 Å². The molecular weight excluding hydrogens is 424 g/mol. The molecule has 0 bridgehead atoms. The number of halogens is 1. The molecule has 0 radical (unpaired) electrons. The van der Waals surface area contributed by atoms with Gasteiger partial charge in [0.05, 0.1) is 12.0 Å². The molecule has 6 nitrogen and oxygen atoms in total. The third kappa shape index (κ3) is 5.82. The first-order chi connectivity index (χ1) is 14.4. The van der Waals surface area contributed by atoms with Gasteiger partial charge in [0.25, 0.3) is 0 Å². The Bertz CT molecular complexity index is 1100. The number of anilines is 1. The van der Waals surface area contributed by atoms with Crippen LogP contribution in [0.2, 0.25) is 5.02 Å². The molecule has 0 heterocycles. The zero-order valence-electron chi connectivity index (χ0n) is 16.2. The lowest BCUT2D eigenvalue weighted by Crippen LogP contribution is -2.45. The summed E-state index contributed by atoms with van der Waals surface area (Å²) in [6, 6.07) is 20.8. The van der Waals surface area contributed by atoms with Gasteiger partial charge in [-0.15, -0.1) is 0 Å². The minimum Gasteiger partial charge on any atom is -0.497 e. The van der Waals surface area contributed by atoms with Crippen molar-refractivity contribution in [1.82, 2.24) is 4.72 Å². The largest absolute Gasteiger partial charge is 0.497 e. The van der Waals surface area contributed by atoms with Crippen LogP contribution in [0.25, 0.3) is 0 Å². The Kier molecular flexibility index (Phi) is 7.10. The second-order valence-electron chi connectivity index (χ2n) is 6.54. The molecule has 8 heteroatoms. The normalized spacial score (nSPS) is 12.2. The molecule has 0 fully saturated rings. The molecule has 0 saturated carbocycles. The molecule has 1 atom stereocenters. The zero-order chi connectivity index (χ0) is 21.6. The first-order valence-corrected chi connectivity index (χ1v) is 11.0. The van der Waals surface area contributed by atoms with Gasteiger partial charge in [0.15, 0.2) is 0 Å². The number of carbonyl (C=O) groups excluding carboxylic acids is 1. The van der Waals surface area contributed by atoms with Crippen LogP contribution in [0.5, 0.6) is 5.75 Å². The van der Waals surface area contributed by atoms with E-state index in [9.17, 15) is 13.2 Å². The second kappa shape index (κ2) is 9.75. The standard InChI is InChI=1S/C22H21ClN2O4S/c1-29-19-10-12-20(13-11-19)30(27,28)25-21(14-16-6-3-2-4-7-16)22(26)24-18-9-5-8-17(23)15-18/h2-13,15,21,25H,14H2,1H3,(H,24,26). The van der Waals surface area contributed by atoms with Crippen molar-refractivity contribution >= 4 is 33.2 Å². The Balaban J connectivity index is 1.85.